The average molecular weight is 208 g/mol. The monoisotopic (exact) mass is 208 g/mol. The quantitative estimate of drug-likeness (QED) is 0.655. The van der Waals surface area contributed by atoms with Crippen LogP contribution in [-0.4, -0.2) is 38.1 Å². The molecule has 1 fully saturated rings. The summed E-state index contributed by atoms with van der Waals surface area (Å²) in [6.07, 6.45) is 5.14. The van der Waals surface area contributed by atoms with Gasteiger partial charge in [0.05, 0.1) is 6.21 Å². The number of hydrogen-bond donors (Lipinski definition) is 0. The molecule has 2 heterocycles. The summed E-state index contributed by atoms with van der Waals surface area (Å²) in [7, 11) is 0. The molecule has 1 aliphatic rings. The fourth-order valence-corrected chi connectivity index (χ4v) is 2.01. The lowest BCUT2D eigenvalue weighted by Crippen LogP contribution is -2.09. The number of carbonyl (C=O) groups is 1. The third kappa shape index (κ3) is 2.14. The van der Waals surface area contributed by atoms with Gasteiger partial charge in [0, 0.05) is 5.75 Å². The molecule has 2 rings (SSSR count). The summed E-state index contributed by atoms with van der Waals surface area (Å²) in [5, 5.41) is 0.135. The van der Waals surface area contributed by atoms with Gasteiger partial charge in [0.2, 0.25) is 5.12 Å². The molecule has 1 saturated heterocycles. The zero-order valence-electron chi connectivity index (χ0n) is 7.33. The summed E-state index contributed by atoms with van der Waals surface area (Å²) in [6.45, 7) is 0. The SMILES string of the molecule is O=C1SCCC1N=Cc1ncncn1. The molecule has 1 aromatic rings. The Kier molecular flexibility index (Phi) is 2.83. The lowest BCUT2D eigenvalue weighted by molar-refractivity contribution is -0.111. The summed E-state index contributed by atoms with van der Waals surface area (Å²) in [6, 6.07) is -0.211. The molecule has 5 nitrogen and oxygen atoms in total. The highest BCUT2D eigenvalue weighted by atomic mass is 32.2. The van der Waals surface area contributed by atoms with Gasteiger partial charge in [-0.2, -0.15) is 0 Å². The van der Waals surface area contributed by atoms with Crippen LogP contribution in [0.1, 0.15) is 12.2 Å². The maximum Gasteiger partial charge on any atom is 0.213 e. The number of thioether (sulfide) groups is 1. The number of aromatic nitrogens is 3. The van der Waals surface area contributed by atoms with E-state index >= 15 is 0 Å². The Balaban J connectivity index is 2.03. The molecule has 0 amide bonds. The minimum Gasteiger partial charge on any atom is -0.285 e. The average Bonchev–Trinajstić information content (AvgIpc) is 2.63. The third-order valence-corrected chi connectivity index (χ3v) is 2.79. The number of carbonyl (C=O) groups excluding carboxylic acids is 1. The highest BCUT2D eigenvalue weighted by molar-refractivity contribution is 8.14. The van der Waals surface area contributed by atoms with E-state index in [4.69, 9.17) is 0 Å². The van der Waals surface area contributed by atoms with Crippen LogP contribution in [0.5, 0.6) is 0 Å². The Morgan fingerprint density at radius 1 is 1.50 bits per heavy atom. The van der Waals surface area contributed by atoms with Crippen molar-refractivity contribution >= 4 is 23.1 Å². The van der Waals surface area contributed by atoms with Gasteiger partial charge in [-0.3, -0.25) is 9.79 Å². The number of rotatable bonds is 2. The van der Waals surface area contributed by atoms with Crippen LogP contribution < -0.4 is 0 Å². The highest BCUT2D eigenvalue weighted by Crippen LogP contribution is 2.21. The second-order valence-corrected chi connectivity index (χ2v) is 3.85. The van der Waals surface area contributed by atoms with Crippen molar-refractivity contribution in [1.29, 1.82) is 0 Å². The van der Waals surface area contributed by atoms with Gasteiger partial charge in [0.15, 0.2) is 5.82 Å². The minimum atomic E-state index is -0.211. The predicted octanol–water partition coefficient (Wildman–Crippen LogP) is 0.323. The van der Waals surface area contributed by atoms with E-state index in [0.29, 0.717) is 5.82 Å². The Morgan fingerprint density at radius 2 is 2.29 bits per heavy atom. The van der Waals surface area contributed by atoms with Crippen molar-refractivity contribution in [3.63, 3.8) is 0 Å². The molecule has 0 bridgehead atoms. The first kappa shape index (κ1) is 9.26. The van der Waals surface area contributed by atoms with Crippen molar-refractivity contribution < 1.29 is 4.79 Å². The normalized spacial score (nSPS) is 22.0. The molecule has 0 aliphatic carbocycles. The van der Waals surface area contributed by atoms with Gasteiger partial charge in [0.1, 0.15) is 18.7 Å². The van der Waals surface area contributed by atoms with Crippen LogP contribution in [0.4, 0.5) is 0 Å². The summed E-state index contributed by atoms with van der Waals surface area (Å²) >= 11 is 1.33. The maximum absolute atomic E-state index is 11.2. The second-order valence-electron chi connectivity index (χ2n) is 2.75. The summed E-state index contributed by atoms with van der Waals surface area (Å²) in [5.41, 5.74) is 0. The van der Waals surface area contributed by atoms with Gasteiger partial charge in [0.25, 0.3) is 0 Å². The molecule has 72 valence electrons. The van der Waals surface area contributed by atoms with Crippen molar-refractivity contribution in [3.05, 3.63) is 18.5 Å². The van der Waals surface area contributed by atoms with Crippen LogP contribution in [0, 0.1) is 0 Å². The molecule has 1 atom stereocenters. The zero-order valence-corrected chi connectivity index (χ0v) is 8.15. The minimum absolute atomic E-state index is 0.135. The zero-order chi connectivity index (χ0) is 9.80. The molecular formula is C8H8N4OS. The van der Waals surface area contributed by atoms with E-state index in [1.165, 1.54) is 30.6 Å². The van der Waals surface area contributed by atoms with Crippen LogP contribution in [0.15, 0.2) is 17.6 Å². The van der Waals surface area contributed by atoms with Crippen molar-refractivity contribution in [2.24, 2.45) is 4.99 Å². The molecule has 0 aromatic carbocycles. The topological polar surface area (TPSA) is 68.1 Å². The number of nitrogens with zero attached hydrogens (tertiary/aromatic N) is 4. The predicted molar refractivity (Wildman–Crippen MR) is 53.3 cm³/mol. The molecule has 1 unspecified atom stereocenters. The molecule has 14 heavy (non-hydrogen) atoms. The van der Waals surface area contributed by atoms with Crippen LogP contribution >= 0.6 is 11.8 Å². The molecule has 1 aromatic heterocycles. The van der Waals surface area contributed by atoms with Crippen molar-refractivity contribution in [1.82, 2.24) is 15.0 Å². The van der Waals surface area contributed by atoms with Gasteiger partial charge in [-0.15, -0.1) is 0 Å². The van der Waals surface area contributed by atoms with Gasteiger partial charge in [-0.25, -0.2) is 15.0 Å². The van der Waals surface area contributed by atoms with Crippen LogP contribution in [0.2, 0.25) is 0 Å². The van der Waals surface area contributed by atoms with Crippen LogP contribution in [0.3, 0.4) is 0 Å². The largest absolute Gasteiger partial charge is 0.285 e. The summed E-state index contributed by atoms with van der Waals surface area (Å²) in [4.78, 5) is 26.8. The van der Waals surface area contributed by atoms with Crippen molar-refractivity contribution in [2.45, 2.75) is 12.5 Å². The smallest absolute Gasteiger partial charge is 0.213 e. The third-order valence-electron chi connectivity index (χ3n) is 1.79. The summed E-state index contributed by atoms with van der Waals surface area (Å²) < 4.78 is 0. The van der Waals surface area contributed by atoms with Crippen LogP contribution in [0.25, 0.3) is 0 Å². The van der Waals surface area contributed by atoms with E-state index in [1.807, 2.05) is 0 Å². The summed E-state index contributed by atoms with van der Waals surface area (Å²) in [5.74, 6) is 1.35. The van der Waals surface area contributed by atoms with Gasteiger partial charge in [-0.05, 0) is 6.42 Å². The molecule has 0 spiro atoms. The Labute approximate surface area is 85.1 Å². The Morgan fingerprint density at radius 3 is 2.93 bits per heavy atom. The molecule has 0 saturated carbocycles. The van der Waals surface area contributed by atoms with E-state index in [1.54, 1.807) is 0 Å². The molecule has 0 radical (unpaired) electrons. The van der Waals surface area contributed by atoms with Crippen molar-refractivity contribution in [3.8, 4) is 0 Å². The lowest BCUT2D eigenvalue weighted by atomic mass is 10.3. The Hall–Kier alpha value is -1.30. The first-order chi connectivity index (χ1) is 6.86. The van der Waals surface area contributed by atoms with Gasteiger partial charge >= 0.3 is 0 Å². The van der Waals surface area contributed by atoms with E-state index in [-0.39, 0.29) is 11.2 Å². The van der Waals surface area contributed by atoms with E-state index in [0.717, 1.165) is 12.2 Å². The molecular weight excluding hydrogens is 200 g/mol. The number of hydrogen-bond acceptors (Lipinski definition) is 6. The first-order valence-corrected chi connectivity index (χ1v) is 5.16. The first-order valence-electron chi connectivity index (χ1n) is 4.18. The van der Waals surface area contributed by atoms with Crippen LogP contribution in [-0.2, 0) is 4.79 Å². The standard InChI is InChI=1S/C8H8N4OS/c13-8-6(1-2-14-8)10-3-7-11-4-9-5-12-7/h3-6H,1-2H2. The van der Waals surface area contributed by atoms with Gasteiger partial charge < -0.3 is 0 Å². The van der Waals surface area contributed by atoms with E-state index < -0.39 is 0 Å². The molecule has 0 N–H and O–H groups in total. The second kappa shape index (κ2) is 4.28. The fraction of sp³-hybridized carbons (Fsp3) is 0.375. The molecule has 1 aliphatic heterocycles. The lowest BCUT2D eigenvalue weighted by Gasteiger charge is -1.96. The van der Waals surface area contributed by atoms with Gasteiger partial charge in [-0.1, -0.05) is 11.8 Å². The fourth-order valence-electron chi connectivity index (χ4n) is 1.09. The maximum atomic E-state index is 11.2. The Bertz CT molecular complexity index is 354. The van der Waals surface area contributed by atoms with E-state index in [2.05, 4.69) is 19.9 Å². The number of aliphatic imine (C=N–C) groups is 1. The molecule has 6 heteroatoms. The highest BCUT2D eigenvalue weighted by Gasteiger charge is 2.23. The van der Waals surface area contributed by atoms with Crippen molar-refractivity contribution in [2.75, 3.05) is 5.75 Å². The van der Waals surface area contributed by atoms with E-state index in [9.17, 15) is 4.79 Å².